The van der Waals surface area contributed by atoms with Gasteiger partial charge in [-0.3, -0.25) is 9.69 Å². The molecule has 20 heavy (non-hydrogen) atoms. The van der Waals surface area contributed by atoms with Crippen molar-refractivity contribution in [2.75, 3.05) is 19.6 Å². The fourth-order valence-corrected chi connectivity index (χ4v) is 3.76. The van der Waals surface area contributed by atoms with E-state index in [2.05, 4.69) is 41.6 Å². The zero-order valence-corrected chi connectivity index (χ0v) is 13.2. The minimum Gasteiger partial charge on any atom is -0.369 e. The number of nitrogens with zero attached hydrogens (tertiary/aromatic N) is 1. The lowest BCUT2D eigenvalue weighted by Gasteiger charge is -2.34. The highest BCUT2D eigenvalue weighted by molar-refractivity contribution is 7.10. The lowest BCUT2D eigenvalue weighted by atomic mass is 9.98. The van der Waals surface area contributed by atoms with E-state index in [1.165, 1.54) is 4.88 Å². The molecule has 2 heterocycles. The highest BCUT2D eigenvalue weighted by Gasteiger charge is 2.24. The Kier molecular flexibility index (Phi) is 5.57. The average Bonchev–Trinajstić information content (AvgIpc) is 2.90. The molecule has 1 amide bonds. The van der Waals surface area contributed by atoms with Crippen molar-refractivity contribution in [3.8, 4) is 0 Å². The fourth-order valence-electron chi connectivity index (χ4n) is 2.80. The second-order valence-corrected chi connectivity index (χ2v) is 6.90. The standard InChI is InChI=1S/C15H25N3OS/c1-11(2)15(13-4-3-9-20-13)17-12-5-7-18(8-6-12)10-14(16)19/h3-4,9,11-12,15,17H,5-8,10H2,1-2H3,(H2,16,19). The quantitative estimate of drug-likeness (QED) is 0.844. The first-order valence-electron chi connectivity index (χ1n) is 7.36. The van der Waals surface area contributed by atoms with Gasteiger partial charge in [0.05, 0.1) is 6.54 Å². The minimum absolute atomic E-state index is 0.227. The molecule has 0 saturated carbocycles. The van der Waals surface area contributed by atoms with Crippen LogP contribution in [0.1, 0.15) is 37.6 Å². The van der Waals surface area contributed by atoms with Crippen molar-refractivity contribution >= 4 is 17.2 Å². The van der Waals surface area contributed by atoms with Crippen molar-refractivity contribution < 1.29 is 4.79 Å². The number of hydrogen-bond acceptors (Lipinski definition) is 4. The summed E-state index contributed by atoms with van der Waals surface area (Å²) < 4.78 is 0. The summed E-state index contributed by atoms with van der Waals surface area (Å²) in [5, 5.41) is 5.94. The Morgan fingerprint density at radius 3 is 2.70 bits per heavy atom. The summed E-state index contributed by atoms with van der Waals surface area (Å²) in [4.78, 5) is 14.5. The van der Waals surface area contributed by atoms with Crippen LogP contribution in [0.2, 0.25) is 0 Å². The number of amides is 1. The van der Waals surface area contributed by atoms with Gasteiger partial charge in [-0.25, -0.2) is 0 Å². The summed E-state index contributed by atoms with van der Waals surface area (Å²) in [6.07, 6.45) is 2.17. The van der Waals surface area contributed by atoms with Gasteiger partial charge >= 0.3 is 0 Å². The van der Waals surface area contributed by atoms with Gasteiger partial charge in [-0.15, -0.1) is 11.3 Å². The maximum absolute atomic E-state index is 10.9. The molecule has 1 aliphatic rings. The maximum atomic E-state index is 10.9. The molecule has 1 fully saturated rings. The smallest absolute Gasteiger partial charge is 0.231 e. The highest BCUT2D eigenvalue weighted by Crippen LogP contribution is 2.27. The van der Waals surface area contributed by atoms with E-state index in [9.17, 15) is 4.79 Å². The van der Waals surface area contributed by atoms with Gasteiger partial charge in [0.15, 0.2) is 0 Å². The molecule has 3 N–H and O–H groups in total. The number of nitrogens with two attached hydrogens (primary N) is 1. The second kappa shape index (κ2) is 7.20. The molecule has 4 nitrogen and oxygen atoms in total. The normalized spacial score (nSPS) is 19.4. The van der Waals surface area contributed by atoms with Crippen LogP contribution in [0, 0.1) is 5.92 Å². The van der Waals surface area contributed by atoms with Crippen molar-refractivity contribution in [2.24, 2.45) is 11.7 Å². The summed E-state index contributed by atoms with van der Waals surface area (Å²) in [5.41, 5.74) is 5.25. The molecule has 5 heteroatoms. The van der Waals surface area contributed by atoms with Gasteiger partial charge in [0.1, 0.15) is 0 Å². The molecule has 0 spiro atoms. The molecule has 0 radical (unpaired) electrons. The molecule has 2 rings (SSSR count). The molecule has 0 aromatic carbocycles. The molecule has 1 unspecified atom stereocenters. The zero-order chi connectivity index (χ0) is 14.5. The van der Waals surface area contributed by atoms with Gasteiger partial charge in [0.25, 0.3) is 0 Å². The first-order valence-corrected chi connectivity index (χ1v) is 8.24. The predicted molar refractivity (Wildman–Crippen MR) is 83.7 cm³/mol. The summed E-state index contributed by atoms with van der Waals surface area (Å²) in [5.74, 6) is 0.354. The van der Waals surface area contributed by atoms with Crippen LogP contribution in [0.15, 0.2) is 17.5 Å². The molecule has 112 valence electrons. The van der Waals surface area contributed by atoms with Crippen LogP contribution in [0.3, 0.4) is 0 Å². The summed E-state index contributed by atoms with van der Waals surface area (Å²) >= 11 is 1.82. The third-order valence-corrected chi connectivity index (χ3v) is 4.85. The molecule has 0 bridgehead atoms. The van der Waals surface area contributed by atoms with Gasteiger partial charge in [-0.05, 0) is 30.2 Å². The van der Waals surface area contributed by atoms with E-state index in [-0.39, 0.29) is 5.91 Å². The van der Waals surface area contributed by atoms with Crippen LogP contribution in [-0.2, 0) is 4.79 Å². The lowest BCUT2D eigenvalue weighted by Crippen LogP contribution is -2.46. The number of rotatable bonds is 6. The van der Waals surface area contributed by atoms with Gasteiger partial charge in [-0.2, -0.15) is 0 Å². The number of piperidine rings is 1. The van der Waals surface area contributed by atoms with E-state index in [0.717, 1.165) is 25.9 Å². The van der Waals surface area contributed by atoms with Crippen molar-refractivity contribution in [1.29, 1.82) is 0 Å². The molecule has 1 aromatic heterocycles. The van der Waals surface area contributed by atoms with Crippen molar-refractivity contribution in [3.63, 3.8) is 0 Å². The van der Waals surface area contributed by atoms with Crippen LogP contribution in [0.25, 0.3) is 0 Å². The first-order chi connectivity index (χ1) is 9.56. The lowest BCUT2D eigenvalue weighted by molar-refractivity contribution is -0.119. The number of carbonyl (C=O) groups is 1. The highest BCUT2D eigenvalue weighted by atomic mass is 32.1. The summed E-state index contributed by atoms with van der Waals surface area (Å²) in [6, 6.07) is 5.30. The van der Waals surface area contributed by atoms with Gasteiger partial charge < -0.3 is 11.1 Å². The van der Waals surface area contributed by atoms with Crippen LogP contribution in [0.4, 0.5) is 0 Å². The zero-order valence-electron chi connectivity index (χ0n) is 12.3. The molecular formula is C15H25N3OS. The molecule has 1 aliphatic heterocycles. The molecule has 1 atom stereocenters. The molecular weight excluding hydrogens is 270 g/mol. The SMILES string of the molecule is CC(C)C(NC1CCN(CC(N)=O)CC1)c1cccs1. The Bertz CT molecular complexity index is 411. The molecule has 1 saturated heterocycles. The van der Waals surface area contributed by atoms with E-state index in [4.69, 9.17) is 5.73 Å². The topological polar surface area (TPSA) is 58.4 Å². The Morgan fingerprint density at radius 1 is 1.50 bits per heavy atom. The van der Waals surface area contributed by atoms with Crippen LogP contribution in [-0.4, -0.2) is 36.5 Å². The largest absolute Gasteiger partial charge is 0.369 e. The van der Waals surface area contributed by atoms with Gasteiger partial charge in [0, 0.05) is 30.1 Å². The number of thiophene rings is 1. The fraction of sp³-hybridized carbons (Fsp3) is 0.667. The van der Waals surface area contributed by atoms with Crippen molar-refractivity contribution in [1.82, 2.24) is 10.2 Å². The Hall–Kier alpha value is -0.910. The van der Waals surface area contributed by atoms with Crippen LogP contribution < -0.4 is 11.1 Å². The van der Waals surface area contributed by atoms with Crippen molar-refractivity contribution in [2.45, 2.75) is 38.8 Å². The minimum atomic E-state index is -0.227. The number of hydrogen-bond donors (Lipinski definition) is 2. The number of nitrogens with one attached hydrogen (secondary N) is 1. The average molecular weight is 295 g/mol. The van der Waals surface area contributed by atoms with Crippen LogP contribution in [0.5, 0.6) is 0 Å². The second-order valence-electron chi connectivity index (χ2n) is 5.92. The molecule has 1 aromatic rings. The van der Waals surface area contributed by atoms with Crippen LogP contribution >= 0.6 is 11.3 Å². The third-order valence-electron chi connectivity index (χ3n) is 3.90. The maximum Gasteiger partial charge on any atom is 0.231 e. The van der Waals surface area contributed by atoms with Gasteiger partial charge in [0.2, 0.25) is 5.91 Å². The van der Waals surface area contributed by atoms with E-state index in [1.807, 2.05) is 11.3 Å². The van der Waals surface area contributed by atoms with Gasteiger partial charge in [-0.1, -0.05) is 19.9 Å². The predicted octanol–water partition coefficient (Wildman–Crippen LogP) is 1.98. The number of likely N-dealkylation sites (tertiary alicyclic amines) is 1. The Balaban J connectivity index is 1.86. The third kappa shape index (κ3) is 4.30. The summed E-state index contributed by atoms with van der Waals surface area (Å²) in [7, 11) is 0. The summed E-state index contributed by atoms with van der Waals surface area (Å²) in [6.45, 7) is 6.83. The van der Waals surface area contributed by atoms with E-state index in [0.29, 0.717) is 24.5 Å². The monoisotopic (exact) mass is 295 g/mol. The van der Waals surface area contributed by atoms with E-state index >= 15 is 0 Å². The number of primary amides is 1. The Morgan fingerprint density at radius 2 is 2.20 bits per heavy atom. The molecule has 0 aliphatic carbocycles. The first kappa shape index (κ1) is 15.5. The van der Waals surface area contributed by atoms with E-state index in [1.54, 1.807) is 0 Å². The Labute approximate surface area is 125 Å². The number of carbonyl (C=O) groups excluding carboxylic acids is 1. The van der Waals surface area contributed by atoms with E-state index < -0.39 is 0 Å². The van der Waals surface area contributed by atoms with Crippen molar-refractivity contribution in [3.05, 3.63) is 22.4 Å².